The first-order valence-corrected chi connectivity index (χ1v) is 8.42. The average molecular weight is 285 g/mol. The van der Waals surface area contributed by atoms with Crippen LogP contribution in [0.1, 0.15) is 78.1 Å². The second-order valence-corrected chi connectivity index (χ2v) is 5.99. The minimum absolute atomic E-state index is 0.106. The van der Waals surface area contributed by atoms with Crippen LogP contribution in [0, 0.1) is 0 Å². The van der Waals surface area contributed by atoms with Crippen LogP contribution in [-0.2, 0) is 9.53 Å². The predicted molar refractivity (Wildman–Crippen MR) is 86.0 cm³/mol. The number of esters is 1. The Hall–Kier alpha value is -0.570. The smallest absolute Gasteiger partial charge is 0.323 e. The van der Waals surface area contributed by atoms with Crippen LogP contribution in [0.4, 0.5) is 0 Å². The van der Waals surface area contributed by atoms with Crippen LogP contribution in [0.15, 0.2) is 0 Å². The molecule has 0 saturated carbocycles. The maximum Gasteiger partial charge on any atom is 0.323 e. The van der Waals surface area contributed by atoms with E-state index in [1.54, 1.807) is 0 Å². The van der Waals surface area contributed by atoms with Crippen LogP contribution in [-0.4, -0.2) is 37.6 Å². The molecule has 0 rings (SSSR count). The van der Waals surface area contributed by atoms with Gasteiger partial charge in [-0.3, -0.25) is 9.69 Å². The van der Waals surface area contributed by atoms with Crippen molar-refractivity contribution in [3.05, 3.63) is 0 Å². The van der Waals surface area contributed by atoms with Crippen molar-refractivity contribution in [1.29, 1.82) is 0 Å². The highest BCUT2D eigenvalue weighted by Crippen LogP contribution is 2.10. The highest BCUT2D eigenvalue weighted by molar-refractivity contribution is 5.75. The topological polar surface area (TPSA) is 29.5 Å². The van der Waals surface area contributed by atoms with Crippen molar-refractivity contribution in [2.24, 2.45) is 0 Å². The molecule has 3 nitrogen and oxygen atoms in total. The van der Waals surface area contributed by atoms with E-state index >= 15 is 0 Å². The summed E-state index contributed by atoms with van der Waals surface area (Å²) < 4.78 is 5.26. The Morgan fingerprint density at radius 2 is 1.35 bits per heavy atom. The van der Waals surface area contributed by atoms with Crippen molar-refractivity contribution < 1.29 is 9.53 Å². The molecule has 1 atom stereocenters. The number of nitrogens with zero attached hydrogens (tertiary/aromatic N) is 1. The minimum Gasteiger partial charge on any atom is -0.465 e. The quantitative estimate of drug-likeness (QED) is 0.371. The first-order chi connectivity index (χ1) is 9.59. The molecule has 0 aliphatic heterocycles. The Morgan fingerprint density at radius 3 is 1.80 bits per heavy atom. The van der Waals surface area contributed by atoms with E-state index in [2.05, 4.69) is 6.92 Å². The molecular formula is C17H35NO2. The second kappa shape index (κ2) is 13.4. The van der Waals surface area contributed by atoms with Gasteiger partial charge in [0.05, 0.1) is 6.61 Å². The summed E-state index contributed by atoms with van der Waals surface area (Å²) in [7, 11) is 3.79. The van der Waals surface area contributed by atoms with Gasteiger partial charge < -0.3 is 4.74 Å². The van der Waals surface area contributed by atoms with Crippen LogP contribution < -0.4 is 0 Å². The fourth-order valence-corrected chi connectivity index (χ4v) is 2.09. The minimum atomic E-state index is -0.141. The number of rotatable bonds is 13. The lowest BCUT2D eigenvalue weighted by molar-refractivity contribution is -0.148. The molecule has 0 radical (unpaired) electrons. The van der Waals surface area contributed by atoms with E-state index in [1.807, 2.05) is 25.9 Å². The molecular weight excluding hydrogens is 250 g/mol. The Balaban J connectivity index is 3.23. The lowest BCUT2D eigenvalue weighted by Gasteiger charge is -2.17. The van der Waals surface area contributed by atoms with Gasteiger partial charge in [0.25, 0.3) is 0 Å². The van der Waals surface area contributed by atoms with Gasteiger partial charge in [-0.25, -0.2) is 0 Å². The molecule has 0 aromatic carbocycles. The second-order valence-electron chi connectivity index (χ2n) is 5.99. The van der Waals surface area contributed by atoms with Crippen LogP contribution in [0.5, 0.6) is 0 Å². The van der Waals surface area contributed by atoms with Crippen LogP contribution in [0.25, 0.3) is 0 Å². The van der Waals surface area contributed by atoms with E-state index in [0.717, 1.165) is 6.42 Å². The van der Waals surface area contributed by atoms with Crippen LogP contribution in [0.3, 0.4) is 0 Å². The van der Waals surface area contributed by atoms with Gasteiger partial charge in [0.1, 0.15) is 6.04 Å². The van der Waals surface area contributed by atoms with Gasteiger partial charge in [0.15, 0.2) is 0 Å². The molecule has 20 heavy (non-hydrogen) atoms. The van der Waals surface area contributed by atoms with Gasteiger partial charge >= 0.3 is 5.97 Å². The van der Waals surface area contributed by atoms with Crippen molar-refractivity contribution in [1.82, 2.24) is 4.90 Å². The molecule has 0 aromatic heterocycles. The molecule has 0 amide bonds. The summed E-state index contributed by atoms with van der Waals surface area (Å²) in [4.78, 5) is 13.5. The van der Waals surface area contributed by atoms with Crippen molar-refractivity contribution in [2.45, 2.75) is 84.1 Å². The molecule has 0 aliphatic carbocycles. The first kappa shape index (κ1) is 19.4. The lowest BCUT2D eigenvalue weighted by atomic mass is 10.1. The third-order valence-corrected chi connectivity index (χ3v) is 3.86. The number of hydrogen-bond donors (Lipinski definition) is 0. The highest BCUT2D eigenvalue weighted by atomic mass is 16.5. The van der Waals surface area contributed by atoms with Gasteiger partial charge in [0.2, 0.25) is 0 Å². The van der Waals surface area contributed by atoms with E-state index in [1.165, 1.54) is 57.8 Å². The van der Waals surface area contributed by atoms with Crippen molar-refractivity contribution >= 4 is 5.97 Å². The van der Waals surface area contributed by atoms with Gasteiger partial charge in [-0.1, -0.05) is 64.7 Å². The molecule has 0 bridgehead atoms. The molecule has 120 valence electrons. The van der Waals surface area contributed by atoms with Crippen molar-refractivity contribution in [3.8, 4) is 0 Å². The Morgan fingerprint density at radius 1 is 0.900 bits per heavy atom. The predicted octanol–water partition coefficient (Wildman–Crippen LogP) is 4.40. The summed E-state index contributed by atoms with van der Waals surface area (Å²) in [6.45, 7) is 4.71. The number of unbranched alkanes of at least 4 members (excludes halogenated alkanes) is 9. The number of hydrogen-bond acceptors (Lipinski definition) is 3. The summed E-state index contributed by atoms with van der Waals surface area (Å²) in [5.74, 6) is -0.106. The van der Waals surface area contributed by atoms with Gasteiger partial charge in [-0.15, -0.1) is 0 Å². The van der Waals surface area contributed by atoms with E-state index in [9.17, 15) is 4.79 Å². The summed E-state index contributed by atoms with van der Waals surface area (Å²) in [5, 5.41) is 0. The molecule has 0 aromatic rings. The average Bonchev–Trinajstić information content (AvgIpc) is 2.43. The molecule has 0 fully saturated rings. The maximum atomic E-state index is 11.6. The first-order valence-electron chi connectivity index (χ1n) is 8.42. The van der Waals surface area contributed by atoms with Crippen LogP contribution >= 0.6 is 0 Å². The van der Waals surface area contributed by atoms with E-state index in [4.69, 9.17) is 4.74 Å². The standard InChI is InChI=1S/C17H35NO2/c1-5-6-7-8-9-10-11-12-13-14-15-20-17(19)16(2)18(3)4/h16H,5-15H2,1-4H3/t16-/m1/s1. The fourth-order valence-electron chi connectivity index (χ4n) is 2.09. The zero-order valence-corrected chi connectivity index (χ0v) is 14.1. The summed E-state index contributed by atoms with van der Waals surface area (Å²) >= 11 is 0. The molecule has 0 heterocycles. The summed E-state index contributed by atoms with van der Waals surface area (Å²) in [5.41, 5.74) is 0. The number of carbonyl (C=O) groups is 1. The summed E-state index contributed by atoms with van der Waals surface area (Å²) in [6, 6.07) is -0.141. The molecule has 0 spiro atoms. The number of ether oxygens (including phenoxy) is 1. The van der Waals surface area contributed by atoms with Crippen molar-refractivity contribution in [2.75, 3.05) is 20.7 Å². The van der Waals surface area contributed by atoms with Gasteiger partial charge in [-0.2, -0.15) is 0 Å². The fraction of sp³-hybridized carbons (Fsp3) is 0.941. The third kappa shape index (κ3) is 11.3. The van der Waals surface area contributed by atoms with Gasteiger partial charge in [-0.05, 0) is 27.4 Å². The van der Waals surface area contributed by atoms with Gasteiger partial charge in [0, 0.05) is 0 Å². The monoisotopic (exact) mass is 285 g/mol. The van der Waals surface area contributed by atoms with E-state index in [0.29, 0.717) is 6.61 Å². The summed E-state index contributed by atoms with van der Waals surface area (Å²) in [6.07, 6.45) is 13.0. The molecule has 0 N–H and O–H groups in total. The third-order valence-electron chi connectivity index (χ3n) is 3.86. The Kier molecular flexibility index (Phi) is 13.0. The van der Waals surface area contributed by atoms with Crippen molar-refractivity contribution in [3.63, 3.8) is 0 Å². The molecule has 0 saturated heterocycles. The zero-order chi connectivity index (χ0) is 15.2. The van der Waals surface area contributed by atoms with E-state index < -0.39 is 0 Å². The zero-order valence-electron chi connectivity index (χ0n) is 14.1. The number of carbonyl (C=O) groups excluding carboxylic acids is 1. The Bertz CT molecular complexity index is 229. The largest absolute Gasteiger partial charge is 0.465 e. The highest BCUT2D eigenvalue weighted by Gasteiger charge is 2.15. The molecule has 3 heteroatoms. The normalized spacial score (nSPS) is 12.7. The number of likely N-dealkylation sites (N-methyl/N-ethyl adjacent to an activating group) is 1. The lowest BCUT2D eigenvalue weighted by Crippen LogP contribution is -2.34. The van der Waals surface area contributed by atoms with Crippen LogP contribution in [0.2, 0.25) is 0 Å². The Labute approximate surface area is 126 Å². The molecule has 0 aliphatic rings. The molecule has 0 unspecified atom stereocenters. The maximum absolute atomic E-state index is 11.6. The van der Waals surface area contributed by atoms with E-state index in [-0.39, 0.29) is 12.0 Å². The SMILES string of the molecule is CCCCCCCCCCCCOC(=O)[C@@H](C)N(C)C.